The number of pyridine rings is 1. The van der Waals surface area contributed by atoms with Crippen molar-refractivity contribution in [2.45, 2.75) is 33.3 Å². The molecule has 4 rings (SSSR count). The molecule has 26 heavy (non-hydrogen) atoms. The quantitative estimate of drug-likeness (QED) is 0.609. The number of hydrogen-bond donors (Lipinski definition) is 0. The van der Waals surface area contributed by atoms with Crippen molar-refractivity contribution in [3.8, 4) is 0 Å². The van der Waals surface area contributed by atoms with E-state index in [4.69, 9.17) is 21.4 Å². The highest BCUT2D eigenvalue weighted by Gasteiger charge is 2.42. The Bertz CT molecular complexity index is 1010. The number of nitrogens with zero attached hydrogens (tertiary/aromatic N) is 2. The lowest BCUT2D eigenvalue weighted by Gasteiger charge is -2.26. The molecule has 4 heteroatoms. The summed E-state index contributed by atoms with van der Waals surface area (Å²) >= 11 is 6.15. The molecule has 1 unspecified atom stereocenters. The van der Waals surface area contributed by atoms with E-state index in [1.54, 1.807) is 0 Å². The van der Waals surface area contributed by atoms with Crippen LogP contribution in [0.3, 0.4) is 0 Å². The van der Waals surface area contributed by atoms with Gasteiger partial charge in [-0.3, -0.25) is 4.98 Å². The maximum absolute atomic E-state index is 6.15. The van der Waals surface area contributed by atoms with E-state index in [1.807, 2.05) is 36.4 Å². The van der Waals surface area contributed by atoms with Crippen LogP contribution in [0.4, 0.5) is 0 Å². The average Bonchev–Trinajstić information content (AvgIpc) is 2.89. The molecule has 0 fully saturated rings. The van der Waals surface area contributed by atoms with Crippen molar-refractivity contribution in [3.05, 3.63) is 76.4 Å². The van der Waals surface area contributed by atoms with Gasteiger partial charge in [0.2, 0.25) is 0 Å². The summed E-state index contributed by atoms with van der Waals surface area (Å²) in [5, 5.41) is 6.29. The minimum absolute atomic E-state index is 0.0652. The molecule has 2 heterocycles. The summed E-state index contributed by atoms with van der Waals surface area (Å²) in [6.45, 7) is 6.46. The molecule has 0 saturated carbocycles. The molecule has 132 valence electrons. The Hall–Kier alpha value is -2.39. The number of benzene rings is 2. The zero-order chi connectivity index (χ0) is 18.3. The number of hydrogen-bond acceptors (Lipinski definition) is 3. The summed E-state index contributed by atoms with van der Waals surface area (Å²) in [5.41, 5.74) is 5.00. The molecular weight excluding hydrogens is 344 g/mol. The molecule has 1 aromatic heterocycles. The molecule has 0 radical (unpaired) electrons. The van der Waals surface area contributed by atoms with Crippen molar-refractivity contribution >= 4 is 28.2 Å². The number of fused-ring (bicyclic) bond motifs is 1. The summed E-state index contributed by atoms with van der Waals surface area (Å²) in [5.74, 6) is 0. The van der Waals surface area contributed by atoms with Gasteiger partial charge in [0, 0.05) is 28.1 Å². The summed E-state index contributed by atoms with van der Waals surface area (Å²) in [7, 11) is 0. The molecule has 0 spiro atoms. The van der Waals surface area contributed by atoms with E-state index in [-0.39, 0.29) is 11.5 Å². The van der Waals surface area contributed by atoms with Crippen LogP contribution in [0.5, 0.6) is 0 Å². The van der Waals surface area contributed by atoms with Gasteiger partial charge in [-0.15, -0.1) is 0 Å². The first-order valence-corrected chi connectivity index (χ1v) is 9.18. The highest BCUT2D eigenvalue weighted by Crippen LogP contribution is 2.37. The van der Waals surface area contributed by atoms with E-state index in [2.05, 4.69) is 44.1 Å². The standard InChI is InChI=1S/C22H21ClN2O/c1-14-11-17(24-19-10-5-4-9-18(14)19)13-20-22(2,3)21(25-26-20)15-7-6-8-16(23)12-15/h4-12,20H,13H2,1-3H3. The number of aromatic nitrogens is 1. The van der Waals surface area contributed by atoms with E-state index >= 15 is 0 Å². The molecule has 0 saturated heterocycles. The van der Waals surface area contributed by atoms with Gasteiger partial charge in [-0.2, -0.15) is 0 Å². The fraction of sp³-hybridized carbons (Fsp3) is 0.273. The Balaban J connectivity index is 1.62. The SMILES string of the molecule is Cc1cc(CC2ON=C(c3cccc(Cl)c3)C2(C)C)nc2ccccc12. The van der Waals surface area contributed by atoms with Gasteiger partial charge in [0.1, 0.15) is 6.10 Å². The van der Waals surface area contributed by atoms with Crippen molar-refractivity contribution in [3.63, 3.8) is 0 Å². The number of para-hydroxylation sites is 1. The third-order valence-corrected chi connectivity index (χ3v) is 5.39. The van der Waals surface area contributed by atoms with Crippen molar-refractivity contribution < 1.29 is 4.84 Å². The van der Waals surface area contributed by atoms with Gasteiger partial charge < -0.3 is 4.84 Å². The lowest BCUT2D eigenvalue weighted by molar-refractivity contribution is 0.0365. The Morgan fingerprint density at radius 2 is 1.88 bits per heavy atom. The lowest BCUT2D eigenvalue weighted by atomic mass is 9.77. The maximum atomic E-state index is 6.15. The topological polar surface area (TPSA) is 34.5 Å². The van der Waals surface area contributed by atoms with E-state index in [0.717, 1.165) is 22.5 Å². The molecule has 0 bridgehead atoms. The minimum Gasteiger partial charge on any atom is -0.391 e. The summed E-state index contributed by atoms with van der Waals surface area (Å²) in [6, 6.07) is 18.2. The Morgan fingerprint density at radius 1 is 1.08 bits per heavy atom. The minimum atomic E-state index is -0.230. The Morgan fingerprint density at radius 3 is 2.69 bits per heavy atom. The number of oxime groups is 1. The van der Waals surface area contributed by atoms with Crippen LogP contribution in [0.15, 0.2) is 59.8 Å². The molecular formula is C22H21ClN2O. The molecule has 1 aliphatic rings. The Kier molecular flexibility index (Phi) is 4.20. The first-order chi connectivity index (χ1) is 12.4. The molecule has 3 aromatic rings. The van der Waals surface area contributed by atoms with Crippen molar-refractivity contribution in [1.82, 2.24) is 4.98 Å². The summed E-state index contributed by atoms with van der Waals surface area (Å²) in [6.07, 6.45) is 0.649. The van der Waals surface area contributed by atoms with Crippen molar-refractivity contribution in [2.24, 2.45) is 10.6 Å². The monoisotopic (exact) mass is 364 g/mol. The Labute approximate surface area is 158 Å². The highest BCUT2D eigenvalue weighted by molar-refractivity contribution is 6.31. The lowest BCUT2D eigenvalue weighted by Crippen LogP contribution is -2.35. The second-order valence-corrected chi connectivity index (χ2v) is 7.85. The van der Waals surface area contributed by atoms with Gasteiger partial charge in [-0.05, 0) is 36.8 Å². The smallest absolute Gasteiger partial charge is 0.143 e. The van der Waals surface area contributed by atoms with Crippen LogP contribution < -0.4 is 0 Å². The van der Waals surface area contributed by atoms with Crippen LogP contribution >= 0.6 is 11.6 Å². The molecule has 0 N–H and O–H groups in total. The normalized spacial score (nSPS) is 18.6. The van der Waals surface area contributed by atoms with Gasteiger partial charge in [-0.1, -0.05) is 60.9 Å². The molecule has 2 aromatic carbocycles. The highest BCUT2D eigenvalue weighted by atomic mass is 35.5. The second-order valence-electron chi connectivity index (χ2n) is 7.42. The van der Waals surface area contributed by atoms with Crippen LogP contribution in [0.2, 0.25) is 5.02 Å². The average molecular weight is 365 g/mol. The van der Waals surface area contributed by atoms with Gasteiger partial charge in [-0.25, -0.2) is 0 Å². The number of aryl methyl sites for hydroxylation is 1. The maximum Gasteiger partial charge on any atom is 0.143 e. The summed E-state index contributed by atoms with van der Waals surface area (Å²) in [4.78, 5) is 10.7. The number of rotatable bonds is 3. The van der Waals surface area contributed by atoms with E-state index in [9.17, 15) is 0 Å². The predicted molar refractivity (Wildman–Crippen MR) is 107 cm³/mol. The first kappa shape index (κ1) is 17.0. The predicted octanol–water partition coefficient (Wildman–Crippen LogP) is 5.57. The molecule has 0 aliphatic carbocycles. The van der Waals surface area contributed by atoms with Gasteiger partial charge in [0.15, 0.2) is 0 Å². The second kappa shape index (κ2) is 6.40. The fourth-order valence-electron chi connectivity index (χ4n) is 3.58. The first-order valence-electron chi connectivity index (χ1n) is 8.80. The van der Waals surface area contributed by atoms with Gasteiger partial charge in [0.05, 0.1) is 16.6 Å². The molecule has 1 atom stereocenters. The third-order valence-electron chi connectivity index (χ3n) is 5.16. The zero-order valence-electron chi connectivity index (χ0n) is 15.2. The van der Waals surface area contributed by atoms with Crippen molar-refractivity contribution in [1.29, 1.82) is 0 Å². The molecule has 0 amide bonds. The molecule has 3 nitrogen and oxygen atoms in total. The van der Waals surface area contributed by atoms with Gasteiger partial charge in [0.25, 0.3) is 0 Å². The summed E-state index contributed by atoms with van der Waals surface area (Å²) < 4.78 is 0. The number of halogens is 1. The van der Waals surface area contributed by atoms with Crippen LogP contribution in [0.1, 0.15) is 30.7 Å². The van der Waals surface area contributed by atoms with Crippen LogP contribution in [-0.4, -0.2) is 16.8 Å². The van der Waals surface area contributed by atoms with E-state index in [1.165, 1.54) is 10.9 Å². The van der Waals surface area contributed by atoms with Crippen LogP contribution in [0.25, 0.3) is 10.9 Å². The zero-order valence-corrected chi connectivity index (χ0v) is 15.9. The van der Waals surface area contributed by atoms with Gasteiger partial charge >= 0.3 is 0 Å². The van der Waals surface area contributed by atoms with E-state index in [0.29, 0.717) is 11.4 Å². The third kappa shape index (κ3) is 2.97. The van der Waals surface area contributed by atoms with Crippen LogP contribution in [0, 0.1) is 12.3 Å². The van der Waals surface area contributed by atoms with Crippen LogP contribution in [-0.2, 0) is 11.3 Å². The van der Waals surface area contributed by atoms with Crippen molar-refractivity contribution in [2.75, 3.05) is 0 Å². The van der Waals surface area contributed by atoms with E-state index < -0.39 is 0 Å². The fourth-order valence-corrected chi connectivity index (χ4v) is 3.78. The molecule has 1 aliphatic heterocycles. The largest absolute Gasteiger partial charge is 0.391 e.